The second-order valence-electron chi connectivity index (χ2n) is 3.97. The number of carbonyl (C=O) groups is 1. The number of aromatic amines is 2. The number of carbonyl (C=O) groups excluding carboxylic acids is 1. The van der Waals surface area contributed by atoms with Crippen LogP contribution in [0.5, 0.6) is 0 Å². The normalized spacial score (nSPS) is 10.7. The van der Waals surface area contributed by atoms with Gasteiger partial charge in [-0.25, -0.2) is 4.98 Å². The Morgan fingerprint density at radius 1 is 1.33 bits per heavy atom. The average molecular weight is 241 g/mol. The predicted molar refractivity (Wildman–Crippen MR) is 67.4 cm³/mol. The molecule has 0 fully saturated rings. The molecule has 6 nitrogen and oxygen atoms in total. The third-order valence-electron chi connectivity index (χ3n) is 2.70. The number of benzene rings is 1. The Bertz CT molecular complexity index is 679. The Morgan fingerprint density at radius 3 is 2.89 bits per heavy atom. The molecule has 1 aromatic carbocycles. The van der Waals surface area contributed by atoms with Gasteiger partial charge in [0.15, 0.2) is 0 Å². The van der Waals surface area contributed by atoms with Gasteiger partial charge < -0.3 is 4.98 Å². The van der Waals surface area contributed by atoms with Crippen molar-refractivity contribution in [1.82, 2.24) is 20.2 Å². The fourth-order valence-corrected chi connectivity index (χ4v) is 1.77. The van der Waals surface area contributed by atoms with Crippen molar-refractivity contribution in [3.63, 3.8) is 0 Å². The Labute approximate surface area is 102 Å². The standard InChI is InChI=1S/C12H11N5O/c1-7-8(6-13-17-7)11(18)16-12-14-9-4-2-3-5-10(9)15-12/h2-6H,1H3,(H,13,17)(H2,14,15,16,18). The van der Waals surface area contributed by atoms with Crippen LogP contribution in [0.1, 0.15) is 16.1 Å². The number of hydrogen-bond donors (Lipinski definition) is 3. The molecule has 2 aromatic heterocycles. The van der Waals surface area contributed by atoms with Crippen LogP contribution in [0.15, 0.2) is 30.5 Å². The van der Waals surface area contributed by atoms with E-state index in [1.54, 1.807) is 6.92 Å². The molecule has 3 N–H and O–H groups in total. The molecule has 0 unspecified atom stereocenters. The number of fused-ring (bicyclic) bond motifs is 1. The number of anilines is 1. The van der Waals surface area contributed by atoms with Gasteiger partial charge in [-0.15, -0.1) is 0 Å². The monoisotopic (exact) mass is 241 g/mol. The van der Waals surface area contributed by atoms with Gasteiger partial charge in [0.05, 0.1) is 22.8 Å². The number of hydrogen-bond acceptors (Lipinski definition) is 3. The molecule has 90 valence electrons. The molecule has 0 radical (unpaired) electrons. The molecule has 1 amide bonds. The smallest absolute Gasteiger partial charge is 0.261 e. The van der Waals surface area contributed by atoms with Crippen molar-refractivity contribution in [2.24, 2.45) is 0 Å². The van der Waals surface area contributed by atoms with Crippen molar-refractivity contribution in [2.45, 2.75) is 6.92 Å². The van der Waals surface area contributed by atoms with Gasteiger partial charge in [0, 0.05) is 5.69 Å². The maximum atomic E-state index is 11.9. The van der Waals surface area contributed by atoms with Crippen LogP contribution < -0.4 is 5.32 Å². The minimum Gasteiger partial charge on any atom is -0.324 e. The Balaban J connectivity index is 1.88. The van der Waals surface area contributed by atoms with Crippen molar-refractivity contribution in [1.29, 1.82) is 0 Å². The molecular formula is C12H11N5O. The summed E-state index contributed by atoms with van der Waals surface area (Å²) in [4.78, 5) is 19.3. The van der Waals surface area contributed by atoms with E-state index in [4.69, 9.17) is 0 Å². The quantitative estimate of drug-likeness (QED) is 0.639. The Hall–Kier alpha value is -2.63. The summed E-state index contributed by atoms with van der Waals surface area (Å²) in [5, 5.41) is 9.24. The zero-order valence-electron chi connectivity index (χ0n) is 9.69. The van der Waals surface area contributed by atoms with Crippen molar-refractivity contribution < 1.29 is 4.79 Å². The minimum atomic E-state index is -0.236. The minimum absolute atomic E-state index is 0.236. The highest BCUT2D eigenvalue weighted by Gasteiger charge is 2.12. The molecule has 0 aliphatic heterocycles. The average Bonchev–Trinajstić information content (AvgIpc) is 2.94. The van der Waals surface area contributed by atoms with Crippen LogP contribution in [0.3, 0.4) is 0 Å². The number of rotatable bonds is 2. The summed E-state index contributed by atoms with van der Waals surface area (Å²) in [5.74, 6) is 0.196. The number of amides is 1. The van der Waals surface area contributed by atoms with Crippen LogP contribution in [0.4, 0.5) is 5.95 Å². The van der Waals surface area contributed by atoms with Crippen LogP contribution in [-0.2, 0) is 0 Å². The van der Waals surface area contributed by atoms with E-state index in [0.717, 1.165) is 16.7 Å². The molecule has 18 heavy (non-hydrogen) atoms. The first kappa shape index (κ1) is 10.5. The van der Waals surface area contributed by atoms with Gasteiger partial charge in [-0.1, -0.05) is 12.1 Å². The zero-order valence-corrected chi connectivity index (χ0v) is 9.69. The summed E-state index contributed by atoms with van der Waals surface area (Å²) in [5.41, 5.74) is 2.94. The van der Waals surface area contributed by atoms with E-state index in [0.29, 0.717) is 11.5 Å². The molecule has 0 aliphatic carbocycles. The first-order chi connectivity index (χ1) is 8.74. The Morgan fingerprint density at radius 2 is 2.17 bits per heavy atom. The summed E-state index contributed by atoms with van der Waals surface area (Å²) >= 11 is 0. The zero-order chi connectivity index (χ0) is 12.5. The second kappa shape index (κ2) is 3.99. The number of H-pyrrole nitrogens is 2. The molecule has 0 saturated heterocycles. The van der Waals surface area contributed by atoms with E-state index in [1.165, 1.54) is 6.20 Å². The lowest BCUT2D eigenvalue weighted by atomic mass is 10.2. The Kier molecular flexibility index (Phi) is 2.33. The molecule has 0 atom stereocenters. The third kappa shape index (κ3) is 1.73. The van der Waals surface area contributed by atoms with Gasteiger partial charge in [-0.2, -0.15) is 5.10 Å². The summed E-state index contributed by atoms with van der Waals surface area (Å²) in [6.07, 6.45) is 1.49. The summed E-state index contributed by atoms with van der Waals surface area (Å²) < 4.78 is 0. The fraction of sp³-hybridized carbons (Fsp3) is 0.0833. The SMILES string of the molecule is Cc1[nH]ncc1C(=O)Nc1nc2ccccc2[nH]1. The number of nitrogens with zero attached hydrogens (tertiary/aromatic N) is 2. The lowest BCUT2D eigenvalue weighted by Gasteiger charge is -1.99. The van der Waals surface area contributed by atoms with E-state index >= 15 is 0 Å². The number of aryl methyl sites for hydroxylation is 1. The van der Waals surface area contributed by atoms with Gasteiger partial charge in [0.1, 0.15) is 0 Å². The van der Waals surface area contributed by atoms with E-state index in [1.807, 2.05) is 24.3 Å². The van der Waals surface area contributed by atoms with Crippen molar-refractivity contribution in [3.05, 3.63) is 41.7 Å². The third-order valence-corrected chi connectivity index (χ3v) is 2.70. The van der Waals surface area contributed by atoms with Crippen molar-refractivity contribution in [3.8, 4) is 0 Å². The summed E-state index contributed by atoms with van der Waals surface area (Å²) in [6, 6.07) is 7.59. The molecule has 6 heteroatoms. The molecule has 0 bridgehead atoms. The van der Waals surface area contributed by atoms with Crippen LogP contribution in [0, 0.1) is 6.92 Å². The predicted octanol–water partition coefficient (Wildman–Crippen LogP) is 1.85. The lowest BCUT2D eigenvalue weighted by Crippen LogP contribution is -2.13. The van der Waals surface area contributed by atoms with Crippen molar-refractivity contribution >= 4 is 22.9 Å². The van der Waals surface area contributed by atoms with Gasteiger partial charge >= 0.3 is 0 Å². The van der Waals surface area contributed by atoms with Crippen LogP contribution in [0.25, 0.3) is 11.0 Å². The van der Waals surface area contributed by atoms with Gasteiger partial charge in [0.25, 0.3) is 5.91 Å². The largest absolute Gasteiger partial charge is 0.324 e. The lowest BCUT2D eigenvalue weighted by molar-refractivity contribution is 0.102. The van der Waals surface area contributed by atoms with E-state index < -0.39 is 0 Å². The number of aromatic nitrogens is 4. The molecule has 3 rings (SSSR count). The summed E-state index contributed by atoms with van der Waals surface area (Å²) in [7, 11) is 0. The second-order valence-corrected chi connectivity index (χ2v) is 3.97. The van der Waals surface area contributed by atoms with E-state index in [9.17, 15) is 4.79 Å². The molecule has 2 heterocycles. The molecule has 0 spiro atoms. The maximum absolute atomic E-state index is 11.9. The fourth-order valence-electron chi connectivity index (χ4n) is 1.77. The summed E-state index contributed by atoms with van der Waals surface area (Å²) in [6.45, 7) is 1.79. The first-order valence-corrected chi connectivity index (χ1v) is 5.50. The highest BCUT2D eigenvalue weighted by atomic mass is 16.1. The van der Waals surface area contributed by atoms with Crippen molar-refractivity contribution in [2.75, 3.05) is 5.32 Å². The first-order valence-electron chi connectivity index (χ1n) is 5.50. The van der Waals surface area contributed by atoms with Gasteiger partial charge in [-0.3, -0.25) is 15.2 Å². The topological polar surface area (TPSA) is 86.5 Å². The number of imidazole rings is 1. The molecule has 0 saturated carbocycles. The highest BCUT2D eigenvalue weighted by Crippen LogP contribution is 2.14. The van der Waals surface area contributed by atoms with Crippen LogP contribution in [-0.4, -0.2) is 26.1 Å². The molecular weight excluding hydrogens is 230 g/mol. The number of nitrogens with one attached hydrogen (secondary N) is 3. The molecule has 0 aliphatic rings. The maximum Gasteiger partial charge on any atom is 0.261 e. The van der Waals surface area contributed by atoms with Gasteiger partial charge in [-0.05, 0) is 19.1 Å². The van der Waals surface area contributed by atoms with Crippen LogP contribution in [0.2, 0.25) is 0 Å². The number of para-hydroxylation sites is 2. The molecule has 3 aromatic rings. The van der Waals surface area contributed by atoms with Crippen LogP contribution >= 0.6 is 0 Å². The highest BCUT2D eigenvalue weighted by molar-refractivity contribution is 6.04. The van der Waals surface area contributed by atoms with Gasteiger partial charge in [0.2, 0.25) is 5.95 Å². The van der Waals surface area contributed by atoms with E-state index in [2.05, 4.69) is 25.5 Å². The van der Waals surface area contributed by atoms with E-state index in [-0.39, 0.29) is 5.91 Å².